The van der Waals surface area contributed by atoms with E-state index in [4.69, 9.17) is 18.9 Å². The Morgan fingerprint density at radius 3 is 2.47 bits per heavy atom. The van der Waals surface area contributed by atoms with E-state index in [0.29, 0.717) is 37.4 Å². The van der Waals surface area contributed by atoms with E-state index in [2.05, 4.69) is 17.4 Å². The van der Waals surface area contributed by atoms with Crippen molar-refractivity contribution in [3.63, 3.8) is 0 Å². The number of fused-ring (bicyclic) bond motifs is 1. The molecule has 1 saturated heterocycles. The fourth-order valence-electron chi connectivity index (χ4n) is 4.72. The lowest BCUT2D eigenvalue weighted by molar-refractivity contribution is 0.0220. The highest BCUT2D eigenvalue weighted by Gasteiger charge is 2.29. The number of piperidine rings is 1. The molecule has 8 nitrogen and oxygen atoms in total. The topological polar surface area (TPSA) is 86.3 Å². The minimum absolute atomic E-state index is 0.270. The van der Waals surface area contributed by atoms with Gasteiger partial charge < -0.3 is 29.2 Å². The largest absolute Gasteiger partial charge is 0.493 e. The van der Waals surface area contributed by atoms with Gasteiger partial charge in [-0.05, 0) is 101 Å². The molecule has 1 fully saturated rings. The number of hydrogen-bond acceptors (Lipinski definition) is 7. The Morgan fingerprint density at radius 2 is 1.79 bits per heavy atom. The van der Waals surface area contributed by atoms with Crippen molar-refractivity contribution in [1.82, 2.24) is 10.2 Å². The molecular weight excluding hydrogens is 484 g/mol. The molecule has 0 aromatic heterocycles. The van der Waals surface area contributed by atoms with Gasteiger partial charge in [-0.3, -0.25) is 0 Å². The molecule has 1 amide bonds. The summed E-state index contributed by atoms with van der Waals surface area (Å²) in [5.74, 6) is 1.11. The molecule has 4 rings (SSSR count). The van der Waals surface area contributed by atoms with Crippen LogP contribution in [0.2, 0.25) is 0 Å². The highest BCUT2D eigenvalue weighted by Crippen LogP contribution is 2.30. The van der Waals surface area contributed by atoms with Crippen molar-refractivity contribution in [2.24, 2.45) is 0 Å². The van der Waals surface area contributed by atoms with E-state index in [-0.39, 0.29) is 18.8 Å². The Morgan fingerprint density at radius 1 is 1.05 bits per heavy atom. The van der Waals surface area contributed by atoms with Crippen LogP contribution in [0.25, 0.3) is 0 Å². The second-order valence-electron chi connectivity index (χ2n) is 10.8. The molecule has 2 aliphatic heterocycles. The molecule has 1 N–H and O–H groups in total. The van der Waals surface area contributed by atoms with Crippen LogP contribution in [0.5, 0.6) is 11.5 Å². The molecule has 206 valence electrons. The van der Waals surface area contributed by atoms with Crippen molar-refractivity contribution in [2.45, 2.75) is 71.6 Å². The standard InChI is InChI=1S/C30H40N2O6/c1-5-35-28(33)26-19-25(18-22-12-16-32(20-27(22)26)29(34)38-30(2,3)4)36-17-13-21-6-8-23(9-7-21)37-24-10-14-31-15-11-24/h6-9,18-19,24,31H,5,10-17,20H2,1-4H3. The van der Waals surface area contributed by atoms with Crippen molar-refractivity contribution in [3.05, 3.63) is 58.7 Å². The van der Waals surface area contributed by atoms with Gasteiger partial charge in [0.15, 0.2) is 0 Å². The number of nitrogens with zero attached hydrogens (tertiary/aromatic N) is 1. The number of carbonyl (C=O) groups excluding carboxylic acids is 2. The van der Waals surface area contributed by atoms with Crippen LogP contribution in [0.3, 0.4) is 0 Å². The maximum Gasteiger partial charge on any atom is 0.410 e. The molecule has 2 aromatic carbocycles. The van der Waals surface area contributed by atoms with E-state index in [1.165, 1.54) is 0 Å². The number of amides is 1. The van der Waals surface area contributed by atoms with Gasteiger partial charge in [0, 0.05) is 13.0 Å². The third-order valence-electron chi connectivity index (χ3n) is 6.63. The number of carbonyl (C=O) groups is 2. The second kappa shape index (κ2) is 12.5. The lowest BCUT2D eigenvalue weighted by Gasteiger charge is -2.32. The Balaban J connectivity index is 1.39. The summed E-state index contributed by atoms with van der Waals surface area (Å²) < 4.78 is 23.0. The molecule has 2 aromatic rings. The van der Waals surface area contributed by atoms with E-state index >= 15 is 0 Å². The minimum Gasteiger partial charge on any atom is -0.493 e. The van der Waals surface area contributed by atoms with Crippen molar-refractivity contribution in [3.8, 4) is 11.5 Å². The second-order valence-corrected chi connectivity index (χ2v) is 10.8. The monoisotopic (exact) mass is 524 g/mol. The third kappa shape index (κ3) is 7.63. The summed E-state index contributed by atoms with van der Waals surface area (Å²) in [7, 11) is 0. The van der Waals surface area contributed by atoms with E-state index in [9.17, 15) is 9.59 Å². The number of hydrogen-bond donors (Lipinski definition) is 1. The van der Waals surface area contributed by atoms with Gasteiger partial charge in [0.25, 0.3) is 0 Å². The van der Waals surface area contributed by atoms with Crippen LogP contribution in [0.15, 0.2) is 36.4 Å². The van der Waals surface area contributed by atoms with Gasteiger partial charge in [0.05, 0.1) is 25.3 Å². The summed E-state index contributed by atoms with van der Waals surface area (Å²) >= 11 is 0. The average Bonchev–Trinajstić information content (AvgIpc) is 2.89. The SMILES string of the molecule is CCOC(=O)c1cc(OCCc2ccc(OC3CCNCC3)cc2)cc2c1CN(C(=O)OC(C)(C)C)CC2. The maximum atomic E-state index is 12.8. The lowest BCUT2D eigenvalue weighted by Crippen LogP contribution is -2.40. The van der Waals surface area contributed by atoms with Crippen molar-refractivity contribution in [1.29, 1.82) is 0 Å². The number of nitrogens with one attached hydrogen (secondary N) is 1. The molecule has 0 radical (unpaired) electrons. The molecular formula is C30H40N2O6. The van der Waals surface area contributed by atoms with Gasteiger partial charge in [0.1, 0.15) is 23.2 Å². The van der Waals surface area contributed by atoms with Crippen molar-refractivity contribution < 1.29 is 28.5 Å². The first-order chi connectivity index (χ1) is 18.2. The highest BCUT2D eigenvalue weighted by molar-refractivity contribution is 5.92. The quantitative estimate of drug-likeness (QED) is 0.491. The number of esters is 1. The Bertz CT molecular complexity index is 1100. The Labute approximate surface area is 225 Å². The van der Waals surface area contributed by atoms with Crippen LogP contribution in [-0.4, -0.2) is 61.5 Å². The molecule has 2 aliphatic rings. The molecule has 0 saturated carbocycles. The molecule has 0 bridgehead atoms. The fraction of sp³-hybridized carbons (Fsp3) is 0.533. The summed E-state index contributed by atoms with van der Waals surface area (Å²) in [4.78, 5) is 27.1. The number of benzene rings is 2. The van der Waals surface area contributed by atoms with Crippen LogP contribution in [0, 0.1) is 0 Å². The highest BCUT2D eigenvalue weighted by atomic mass is 16.6. The first kappa shape index (κ1) is 27.8. The van der Waals surface area contributed by atoms with E-state index in [1.54, 1.807) is 17.9 Å². The zero-order chi connectivity index (χ0) is 27.1. The zero-order valence-corrected chi connectivity index (χ0v) is 23.0. The normalized spacial score (nSPS) is 15.9. The van der Waals surface area contributed by atoms with E-state index < -0.39 is 11.6 Å². The first-order valence-electron chi connectivity index (χ1n) is 13.6. The van der Waals surface area contributed by atoms with Gasteiger partial charge in [-0.15, -0.1) is 0 Å². The minimum atomic E-state index is -0.584. The van der Waals surface area contributed by atoms with Gasteiger partial charge in [-0.2, -0.15) is 0 Å². The molecule has 38 heavy (non-hydrogen) atoms. The number of rotatable bonds is 8. The smallest absolute Gasteiger partial charge is 0.410 e. The van der Waals surface area contributed by atoms with E-state index in [0.717, 1.165) is 54.8 Å². The van der Waals surface area contributed by atoms with E-state index in [1.807, 2.05) is 39.0 Å². The predicted octanol–water partition coefficient (Wildman–Crippen LogP) is 4.91. The van der Waals surface area contributed by atoms with Crippen molar-refractivity contribution >= 4 is 12.1 Å². The summed E-state index contributed by atoms with van der Waals surface area (Å²) in [5, 5.41) is 3.35. The Kier molecular flexibility index (Phi) is 9.15. The predicted molar refractivity (Wildman–Crippen MR) is 145 cm³/mol. The molecule has 0 spiro atoms. The summed E-state index contributed by atoms with van der Waals surface area (Å²) in [5.41, 5.74) is 2.78. The fourth-order valence-corrected chi connectivity index (χ4v) is 4.72. The van der Waals surface area contributed by atoms with Crippen LogP contribution < -0.4 is 14.8 Å². The van der Waals surface area contributed by atoms with Gasteiger partial charge in [0.2, 0.25) is 0 Å². The van der Waals surface area contributed by atoms with Crippen LogP contribution in [-0.2, 0) is 28.9 Å². The van der Waals surface area contributed by atoms with Crippen molar-refractivity contribution in [2.75, 3.05) is 32.8 Å². The Hall–Kier alpha value is -3.26. The van der Waals surface area contributed by atoms with Gasteiger partial charge in [-0.25, -0.2) is 9.59 Å². The zero-order valence-electron chi connectivity index (χ0n) is 23.0. The third-order valence-corrected chi connectivity index (χ3v) is 6.63. The molecule has 8 heteroatoms. The summed E-state index contributed by atoms with van der Waals surface area (Å²) in [6.45, 7) is 10.9. The lowest BCUT2D eigenvalue weighted by atomic mass is 9.94. The van der Waals surface area contributed by atoms with Crippen LogP contribution in [0.1, 0.15) is 67.6 Å². The summed E-state index contributed by atoms with van der Waals surface area (Å²) in [6, 6.07) is 11.9. The maximum absolute atomic E-state index is 12.8. The average molecular weight is 525 g/mol. The molecule has 0 atom stereocenters. The molecule has 0 unspecified atom stereocenters. The number of ether oxygens (including phenoxy) is 4. The molecule has 2 heterocycles. The van der Waals surface area contributed by atoms with Gasteiger partial charge >= 0.3 is 12.1 Å². The first-order valence-corrected chi connectivity index (χ1v) is 13.6. The van der Waals surface area contributed by atoms with Crippen LogP contribution >= 0.6 is 0 Å². The van der Waals surface area contributed by atoms with Crippen LogP contribution in [0.4, 0.5) is 4.79 Å². The van der Waals surface area contributed by atoms with Gasteiger partial charge in [-0.1, -0.05) is 12.1 Å². The summed E-state index contributed by atoms with van der Waals surface area (Å²) in [6.07, 6.45) is 3.29. The molecule has 0 aliphatic carbocycles.